The van der Waals surface area contributed by atoms with E-state index in [0.717, 1.165) is 31.1 Å². The Morgan fingerprint density at radius 2 is 2.15 bits per heavy atom. The van der Waals surface area contributed by atoms with E-state index >= 15 is 0 Å². The molecule has 0 N–H and O–H groups in total. The average molecular weight is 195 g/mol. The van der Waals surface area contributed by atoms with E-state index in [1.807, 2.05) is 18.2 Å². The maximum absolute atomic E-state index is 10.9. The van der Waals surface area contributed by atoms with E-state index in [-0.39, 0.29) is 0 Å². The normalized spacial score (nSPS) is 26.5. The Labute approximate surface area is 82.7 Å². The fourth-order valence-electron chi connectivity index (χ4n) is 1.94. The molecule has 1 unspecified atom stereocenters. The highest BCUT2D eigenvalue weighted by atomic mass is 35.5. The summed E-state index contributed by atoms with van der Waals surface area (Å²) in [5.74, 6) is 0. The van der Waals surface area contributed by atoms with E-state index < -0.39 is 4.87 Å². The van der Waals surface area contributed by atoms with Gasteiger partial charge in [0.05, 0.1) is 0 Å². The van der Waals surface area contributed by atoms with E-state index in [1.165, 1.54) is 5.56 Å². The van der Waals surface area contributed by atoms with E-state index in [0.29, 0.717) is 0 Å². The maximum atomic E-state index is 10.9. The Bertz CT molecular complexity index is 335. The van der Waals surface area contributed by atoms with E-state index in [9.17, 15) is 4.79 Å². The molecule has 1 aromatic rings. The summed E-state index contributed by atoms with van der Waals surface area (Å²) in [6.45, 7) is 0. The quantitative estimate of drug-likeness (QED) is 0.496. The molecule has 0 amide bonds. The van der Waals surface area contributed by atoms with Crippen molar-refractivity contribution in [1.82, 2.24) is 0 Å². The van der Waals surface area contributed by atoms with Gasteiger partial charge in [0.1, 0.15) is 11.2 Å². The van der Waals surface area contributed by atoms with Crippen LogP contribution in [0.15, 0.2) is 24.3 Å². The second-order valence-corrected chi connectivity index (χ2v) is 4.17. The van der Waals surface area contributed by atoms with Crippen molar-refractivity contribution >= 4 is 17.9 Å². The van der Waals surface area contributed by atoms with Crippen LogP contribution in [0.4, 0.5) is 0 Å². The number of halogens is 1. The molecule has 0 fully saturated rings. The van der Waals surface area contributed by atoms with Crippen molar-refractivity contribution < 1.29 is 4.79 Å². The molecule has 1 aliphatic rings. The van der Waals surface area contributed by atoms with Crippen LogP contribution in [-0.4, -0.2) is 6.29 Å². The molecular weight excluding hydrogens is 184 g/mol. The lowest BCUT2D eigenvalue weighted by Crippen LogP contribution is -2.26. The zero-order valence-electron chi connectivity index (χ0n) is 7.29. The summed E-state index contributed by atoms with van der Waals surface area (Å²) in [5, 5.41) is 0. The molecule has 68 valence electrons. The monoisotopic (exact) mass is 194 g/mol. The predicted octanol–water partition coefficient (Wildman–Crippen LogP) is 2.66. The molecule has 0 aliphatic heterocycles. The van der Waals surface area contributed by atoms with Crippen LogP contribution in [0.2, 0.25) is 0 Å². The SMILES string of the molecule is O=CC1(Cl)CCCc2ccccc21. The van der Waals surface area contributed by atoms with Crippen LogP contribution >= 0.6 is 11.6 Å². The highest BCUT2D eigenvalue weighted by Gasteiger charge is 2.33. The third-order valence-electron chi connectivity index (χ3n) is 2.64. The first-order valence-electron chi connectivity index (χ1n) is 4.50. The van der Waals surface area contributed by atoms with Gasteiger partial charge in [0.15, 0.2) is 0 Å². The highest BCUT2D eigenvalue weighted by molar-refractivity contribution is 6.31. The van der Waals surface area contributed by atoms with Crippen LogP contribution in [0.3, 0.4) is 0 Å². The van der Waals surface area contributed by atoms with E-state index in [1.54, 1.807) is 0 Å². The lowest BCUT2D eigenvalue weighted by atomic mass is 9.83. The number of aldehydes is 1. The Morgan fingerprint density at radius 3 is 2.92 bits per heavy atom. The Hall–Kier alpha value is -0.820. The van der Waals surface area contributed by atoms with Gasteiger partial charge in [0.25, 0.3) is 0 Å². The van der Waals surface area contributed by atoms with Crippen LogP contribution in [-0.2, 0) is 16.1 Å². The molecule has 1 atom stereocenters. The summed E-state index contributed by atoms with van der Waals surface area (Å²) in [6.07, 6.45) is 3.67. The molecule has 0 saturated carbocycles. The van der Waals surface area contributed by atoms with Crippen molar-refractivity contribution in [2.75, 3.05) is 0 Å². The summed E-state index contributed by atoms with van der Waals surface area (Å²) in [4.78, 5) is 10.2. The number of hydrogen-bond acceptors (Lipinski definition) is 1. The van der Waals surface area contributed by atoms with E-state index in [4.69, 9.17) is 11.6 Å². The molecule has 0 saturated heterocycles. The van der Waals surface area contributed by atoms with Gasteiger partial charge < -0.3 is 4.79 Å². The number of aryl methyl sites for hydroxylation is 1. The van der Waals surface area contributed by atoms with Gasteiger partial charge in [-0.15, -0.1) is 11.6 Å². The van der Waals surface area contributed by atoms with Gasteiger partial charge in [-0.25, -0.2) is 0 Å². The summed E-state index contributed by atoms with van der Waals surface area (Å²) in [7, 11) is 0. The molecule has 0 spiro atoms. The summed E-state index contributed by atoms with van der Waals surface area (Å²) >= 11 is 6.22. The molecule has 0 radical (unpaired) electrons. The number of alkyl halides is 1. The Kier molecular flexibility index (Phi) is 2.12. The van der Waals surface area contributed by atoms with Gasteiger partial charge in [-0.05, 0) is 30.4 Å². The molecule has 13 heavy (non-hydrogen) atoms. The van der Waals surface area contributed by atoms with Gasteiger partial charge in [0, 0.05) is 0 Å². The summed E-state index contributed by atoms with van der Waals surface area (Å²) < 4.78 is 0. The van der Waals surface area contributed by atoms with Crippen LogP contribution in [0.1, 0.15) is 24.0 Å². The van der Waals surface area contributed by atoms with Crippen molar-refractivity contribution in [1.29, 1.82) is 0 Å². The van der Waals surface area contributed by atoms with Gasteiger partial charge in [-0.1, -0.05) is 24.3 Å². The van der Waals surface area contributed by atoms with E-state index in [2.05, 4.69) is 6.07 Å². The molecule has 2 heteroatoms. The number of carbonyl (C=O) groups excluding carboxylic acids is 1. The summed E-state index contributed by atoms with van der Waals surface area (Å²) in [5.41, 5.74) is 2.22. The van der Waals surface area contributed by atoms with Crippen LogP contribution in [0, 0.1) is 0 Å². The molecule has 2 rings (SSSR count). The van der Waals surface area contributed by atoms with Crippen molar-refractivity contribution in [3.63, 3.8) is 0 Å². The zero-order chi connectivity index (χ0) is 9.31. The standard InChI is InChI=1S/C11H11ClO/c12-11(8-13)7-3-5-9-4-1-2-6-10(9)11/h1-2,4,6,8H,3,5,7H2. The topological polar surface area (TPSA) is 17.1 Å². The minimum absolute atomic E-state index is 0.755. The summed E-state index contributed by atoms with van der Waals surface area (Å²) in [6, 6.07) is 7.93. The molecule has 1 nitrogen and oxygen atoms in total. The largest absolute Gasteiger partial charge is 0.301 e. The lowest BCUT2D eigenvalue weighted by Gasteiger charge is -2.28. The fourth-order valence-corrected chi connectivity index (χ4v) is 2.25. The van der Waals surface area contributed by atoms with Crippen molar-refractivity contribution in [3.05, 3.63) is 35.4 Å². The third-order valence-corrected chi connectivity index (χ3v) is 3.12. The second-order valence-electron chi connectivity index (χ2n) is 3.49. The average Bonchev–Trinajstić information content (AvgIpc) is 2.19. The maximum Gasteiger partial charge on any atom is 0.145 e. The molecular formula is C11H11ClO. The van der Waals surface area contributed by atoms with Gasteiger partial charge in [-0.2, -0.15) is 0 Å². The molecule has 0 heterocycles. The number of fused-ring (bicyclic) bond motifs is 1. The Balaban J connectivity index is 2.54. The van der Waals surface area contributed by atoms with Crippen molar-refractivity contribution in [3.8, 4) is 0 Å². The predicted molar refractivity (Wildman–Crippen MR) is 53.0 cm³/mol. The third kappa shape index (κ3) is 1.37. The Morgan fingerprint density at radius 1 is 1.38 bits per heavy atom. The number of benzene rings is 1. The number of rotatable bonds is 1. The highest BCUT2D eigenvalue weighted by Crippen LogP contribution is 2.38. The first-order chi connectivity index (χ1) is 6.26. The molecule has 0 aromatic heterocycles. The smallest absolute Gasteiger partial charge is 0.145 e. The molecule has 1 aromatic carbocycles. The van der Waals surface area contributed by atoms with Crippen molar-refractivity contribution in [2.45, 2.75) is 24.1 Å². The minimum Gasteiger partial charge on any atom is -0.301 e. The first-order valence-corrected chi connectivity index (χ1v) is 4.88. The molecule has 1 aliphatic carbocycles. The van der Waals surface area contributed by atoms with Crippen LogP contribution in [0.5, 0.6) is 0 Å². The number of hydrogen-bond donors (Lipinski definition) is 0. The van der Waals surface area contributed by atoms with Gasteiger partial charge in [-0.3, -0.25) is 0 Å². The van der Waals surface area contributed by atoms with Crippen LogP contribution < -0.4 is 0 Å². The second kappa shape index (κ2) is 3.15. The van der Waals surface area contributed by atoms with Crippen LogP contribution in [0.25, 0.3) is 0 Å². The zero-order valence-corrected chi connectivity index (χ0v) is 8.05. The van der Waals surface area contributed by atoms with Gasteiger partial charge >= 0.3 is 0 Å². The minimum atomic E-state index is -0.755. The van der Waals surface area contributed by atoms with Gasteiger partial charge in [0.2, 0.25) is 0 Å². The first kappa shape index (κ1) is 8.76. The van der Waals surface area contributed by atoms with Crippen molar-refractivity contribution in [2.24, 2.45) is 0 Å². The molecule has 0 bridgehead atoms. The lowest BCUT2D eigenvalue weighted by molar-refractivity contribution is -0.110. The number of carbonyl (C=O) groups is 1. The fraction of sp³-hybridized carbons (Fsp3) is 0.364.